The molecule has 0 aliphatic carbocycles. The Morgan fingerprint density at radius 2 is 1.91 bits per heavy atom. The third-order valence-corrected chi connectivity index (χ3v) is 6.17. The first-order valence-electron chi connectivity index (χ1n) is 10.6. The highest BCUT2D eigenvalue weighted by Gasteiger charge is 2.47. The van der Waals surface area contributed by atoms with Gasteiger partial charge < -0.3 is 15.0 Å². The molecule has 0 bridgehead atoms. The Morgan fingerprint density at radius 1 is 1.09 bits per heavy atom. The largest absolute Gasteiger partial charge is 0.507 e. The van der Waals surface area contributed by atoms with E-state index in [0.717, 1.165) is 5.39 Å². The van der Waals surface area contributed by atoms with Crippen molar-refractivity contribution in [2.24, 2.45) is 0 Å². The van der Waals surface area contributed by atoms with Crippen LogP contribution in [0.3, 0.4) is 0 Å². The molecule has 2 atom stereocenters. The zero-order valence-corrected chi connectivity index (χ0v) is 18.5. The van der Waals surface area contributed by atoms with Gasteiger partial charge in [0.1, 0.15) is 11.9 Å². The fourth-order valence-electron chi connectivity index (χ4n) is 4.92. The first-order valence-corrected chi connectivity index (χ1v) is 10.6. The van der Waals surface area contributed by atoms with E-state index < -0.39 is 11.7 Å². The van der Waals surface area contributed by atoms with Gasteiger partial charge in [-0.1, -0.05) is 5.21 Å². The lowest BCUT2D eigenvalue weighted by Gasteiger charge is -2.49. The molecular weight excluding hydrogens is 409 g/mol. The van der Waals surface area contributed by atoms with Gasteiger partial charge in [0.25, 0.3) is 0 Å². The molecule has 0 unspecified atom stereocenters. The van der Waals surface area contributed by atoms with Gasteiger partial charge in [0, 0.05) is 34.3 Å². The number of rotatable bonds is 3. The van der Waals surface area contributed by atoms with Crippen molar-refractivity contribution >= 4 is 11.0 Å². The van der Waals surface area contributed by atoms with Crippen molar-refractivity contribution in [2.75, 3.05) is 0 Å². The molecule has 8 nitrogen and oxygen atoms in total. The number of aromatic nitrogens is 6. The molecule has 0 saturated carbocycles. The maximum atomic E-state index is 15.4. The fraction of sp³-hybridized carbons (Fsp3) is 0.391. The molecule has 1 aliphatic heterocycles. The van der Waals surface area contributed by atoms with Crippen molar-refractivity contribution in [3.05, 3.63) is 48.9 Å². The summed E-state index contributed by atoms with van der Waals surface area (Å²) in [5, 5.41) is 31.3. The molecule has 32 heavy (non-hydrogen) atoms. The summed E-state index contributed by atoms with van der Waals surface area (Å²) in [5.74, 6) is 0.0664. The summed E-state index contributed by atoms with van der Waals surface area (Å²) in [6.45, 7) is 7.98. The van der Waals surface area contributed by atoms with Gasteiger partial charge in [-0.3, -0.25) is 0 Å². The summed E-state index contributed by atoms with van der Waals surface area (Å²) in [6.07, 6.45) is 4.70. The minimum Gasteiger partial charge on any atom is -0.507 e. The quantitative estimate of drug-likeness (QED) is 0.508. The lowest BCUT2D eigenvalue weighted by Crippen LogP contribution is -2.64. The summed E-state index contributed by atoms with van der Waals surface area (Å²) >= 11 is 0. The van der Waals surface area contributed by atoms with Crippen LogP contribution in [0.15, 0.2) is 48.9 Å². The van der Waals surface area contributed by atoms with Crippen LogP contribution in [-0.2, 0) is 0 Å². The molecule has 1 aliphatic rings. The number of alkyl halides is 1. The van der Waals surface area contributed by atoms with E-state index in [9.17, 15) is 5.11 Å². The van der Waals surface area contributed by atoms with Crippen LogP contribution in [0.4, 0.5) is 4.39 Å². The van der Waals surface area contributed by atoms with Gasteiger partial charge in [0.15, 0.2) is 5.65 Å². The summed E-state index contributed by atoms with van der Waals surface area (Å²) in [5.41, 5.74) is 1.55. The van der Waals surface area contributed by atoms with Crippen LogP contribution in [0.5, 0.6) is 5.75 Å². The normalized spacial score (nSPS) is 22.3. The van der Waals surface area contributed by atoms with Crippen LogP contribution in [0.25, 0.3) is 28.0 Å². The zero-order valence-electron chi connectivity index (χ0n) is 18.5. The molecule has 0 spiro atoms. The number of aromatic hydroxyl groups is 1. The van der Waals surface area contributed by atoms with Gasteiger partial charge in [-0.2, -0.15) is 0 Å². The Kier molecular flexibility index (Phi) is 4.56. The van der Waals surface area contributed by atoms with Crippen LogP contribution in [0, 0.1) is 0 Å². The van der Waals surface area contributed by atoms with Crippen LogP contribution in [0.2, 0.25) is 0 Å². The Morgan fingerprint density at radius 3 is 2.62 bits per heavy atom. The number of phenolic OH excluding ortho intramolecular Hbond substituents is 1. The van der Waals surface area contributed by atoms with E-state index in [1.165, 1.54) is 0 Å². The molecule has 1 aromatic carbocycles. The molecule has 9 heteroatoms. The Hall–Kier alpha value is -3.33. The Labute approximate surface area is 185 Å². The smallest absolute Gasteiger partial charge is 0.162 e. The minimum absolute atomic E-state index is 0.0664. The molecule has 4 heterocycles. The number of hydrogen-bond acceptors (Lipinski definition) is 6. The maximum absolute atomic E-state index is 15.4. The minimum atomic E-state index is -1.08. The van der Waals surface area contributed by atoms with Gasteiger partial charge in [0.05, 0.1) is 29.8 Å². The number of benzene rings is 1. The van der Waals surface area contributed by atoms with Crippen molar-refractivity contribution in [3.63, 3.8) is 0 Å². The predicted octanol–water partition coefficient (Wildman–Crippen LogP) is 3.81. The standard InChI is InChI=1S/C23H26FN7O/c1-22(2)13-18(20(24)23(3,4)28-22)30-9-7-14-11-17(26-27-21(14)30)16-6-5-15(12-19(16)32)31-10-8-25-29-31/h5-12,18,20,28,32H,13H2,1-4H3/t18-,20+/m0/s1. The predicted molar refractivity (Wildman–Crippen MR) is 119 cm³/mol. The lowest BCUT2D eigenvalue weighted by atomic mass is 9.78. The molecular formula is C23H26FN7O. The van der Waals surface area contributed by atoms with Gasteiger partial charge in [-0.15, -0.1) is 15.3 Å². The van der Waals surface area contributed by atoms with Gasteiger partial charge in [0.2, 0.25) is 0 Å². The van der Waals surface area contributed by atoms with Crippen LogP contribution in [-0.4, -0.2) is 52.1 Å². The molecule has 1 fully saturated rings. The number of piperidine rings is 1. The summed E-state index contributed by atoms with van der Waals surface area (Å²) in [6, 6.07) is 8.64. The van der Waals surface area contributed by atoms with Gasteiger partial charge >= 0.3 is 0 Å². The Balaban J connectivity index is 1.51. The van der Waals surface area contributed by atoms with E-state index in [1.54, 1.807) is 29.2 Å². The molecule has 2 N–H and O–H groups in total. The summed E-state index contributed by atoms with van der Waals surface area (Å²) in [4.78, 5) is 0. The maximum Gasteiger partial charge on any atom is 0.162 e. The SMILES string of the molecule is CC1(C)C[C@H](n2ccc3cc(-c4ccc(-n5ccnn5)cc4O)nnc32)[C@@H](F)C(C)(C)N1. The Bertz CT molecular complexity index is 1280. The first kappa shape index (κ1) is 20.6. The molecule has 0 amide bonds. The highest BCUT2D eigenvalue weighted by Crippen LogP contribution is 2.40. The second-order valence-corrected chi connectivity index (χ2v) is 9.68. The number of nitrogens with zero attached hydrogens (tertiary/aromatic N) is 6. The van der Waals surface area contributed by atoms with E-state index in [0.29, 0.717) is 29.0 Å². The van der Waals surface area contributed by atoms with Crippen molar-refractivity contribution < 1.29 is 9.50 Å². The average Bonchev–Trinajstić information content (AvgIpc) is 3.39. The van der Waals surface area contributed by atoms with Crippen molar-refractivity contribution in [1.29, 1.82) is 0 Å². The number of nitrogens with one attached hydrogen (secondary N) is 1. The second-order valence-electron chi connectivity index (χ2n) is 9.68. The molecule has 3 aromatic heterocycles. The van der Waals surface area contributed by atoms with E-state index in [-0.39, 0.29) is 17.3 Å². The summed E-state index contributed by atoms with van der Waals surface area (Å²) in [7, 11) is 0. The summed E-state index contributed by atoms with van der Waals surface area (Å²) < 4.78 is 18.9. The van der Waals surface area contributed by atoms with Crippen LogP contribution in [0.1, 0.15) is 40.2 Å². The van der Waals surface area contributed by atoms with Crippen molar-refractivity contribution in [1.82, 2.24) is 35.1 Å². The molecule has 4 aromatic rings. The number of fused-ring (bicyclic) bond motifs is 1. The van der Waals surface area contributed by atoms with E-state index in [1.807, 2.05) is 42.8 Å². The molecule has 166 valence electrons. The monoisotopic (exact) mass is 435 g/mol. The molecule has 1 saturated heterocycles. The van der Waals surface area contributed by atoms with E-state index >= 15 is 4.39 Å². The van der Waals surface area contributed by atoms with E-state index in [2.05, 4.69) is 39.7 Å². The third-order valence-electron chi connectivity index (χ3n) is 6.17. The number of halogens is 1. The topological polar surface area (TPSA) is 93.7 Å². The second kappa shape index (κ2) is 7.09. The zero-order chi connectivity index (χ0) is 22.7. The number of hydrogen-bond donors (Lipinski definition) is 2. The van der Waals surface area contributed by atoms with Gasteiger partial charge in [-0.05, 0) is 58.4 Å². The third kappa shape index (κ3) is 3.42. The van der Waals surface area contributed by atoms with Crippen molar-refractivity contribution in [3.8, 4) is 22.7 Å². The molecule has 0 radical (unpaired) electrons. The van der Waals surface area contributed by atoms with Crippen molar-refractivity contribution in [2.45, 2.75) is 57.4 Å². The highest BCUT2D eigenvalue weighted by atomic mass is 19.1. The average molecular weight is 436 g/mol. The van der Waals surface area contributed by atoms with Gasteiger partial charge in [-0.25, -0.2) is 9.07 Å². The fourth-order valence-corrected chi connectivity index (χ4v) is 4.92. The highest BCUT2D eigenvalue weighted by molar-refractivity contribution is 5.81. The van der Waals surface area contributed by atoms with Crippen LogP contribution >= 0.6 is 0 Å². The number of phenols is 1. The first-order chi connectivity index (χ1) is 15.1. The lowest BCUT2D eigenvalue weighted by molar-refractivity contribution is 0.0313. The molecule has 5 rings (SSSR count). The van der Waals surface area contributed by atoms with E-state index in [4.69, 9.17) is 0 Å². The van der Waals surface area contributed by atoms with Crippen LogP contribution < -0.4 is 5.32 Å².